The molecule has 0 saturated carbocycles. The number of H-pyrrole nitrogens is 1. The van der Waals surface area contributed by atoms with E-state index < -0.39 is 17.5 Å². The minimum Gasteiger partial charge on any atom is -0.475 e. The predicted molar refractivity (Wildman–Crippen MR) is 111 cm³/mol. The Hall–Kier alpha value is -3.62. The summed E-state index contributed by atoms with van der Waals surface area (Å²) in [5, 5.41) is 3.67. The fraction of sp³-hybridized carbons (Fsp3) is 0.227. The minimum absolute atomic E-state index is 0.114. The van der Waals surface area contributed by atoms with E-state index in [1.54, 1.807) is 12.3 Å². The summed E-state index contributed by atoms with van der Waals surface area (Å²) in [5.41, 5.74) is 1.45. The Labute approximate surface area is 176 Å². The Morgan fingerprint density at radius 3 is 2.65 bits per heavy atom. The van der Waals surface area contributed by atoms with Gasteiger partial charge in [0.25, 0.3) is 0 Å². The highest BCUT2D eigenvalue weighted by molar-refractivity contribution is 5.83. The van der Waals surface area contributed by atoms with Crippen LogP contribution in [-0.4, -0.2) is 32.6 Å². The van der Waals surface area contributed by atoms with E-state index in [0.29, 0.717) is 35.6 Å². The maximum Gasteiger partial charge on any atom is 0.219 e. The fourth-order valence-electron chi connectivity index (χ4n) is 3.22. The van der Waals surface area contributed by atoms with E-state index in [-0.39, 0.29) is 17.4 Å². The van der Waals surface area contributed by atoms with E-state index in [4.69, 9.17) is 4.74 Å². The second-order valence-corrected chi connectivity index (χ2v) is 7.27. The van der Waals surface area contributed by atoms with Crippen molar-refractivity contribution < 1.29 is 17.9 Å². The number of halogens is 3. The second kappa shape index (κ2) is 8.63. The third-order valence-corrected chi connectivity index (χ3v) is 4.51. The average Bonchev–Trinajstić information content (AvgIpc) is 3.10. The maximum atomic E-state index is 13.9. The molecule has 0 fully saturated rings. The molecule has 4 rings (SSSR count). The maximum absolute atomic E-state index is 13.9. The average molecular weight is 427 g/mol. The SMILES string of the molecule is CC(C)Oc1cc(NCCc2c[nH]c3c(F)cc(F)cc23)nc(-c2cncc(F)c2)n1. The predicted octanol–water partition coefficient (Wildman–Crippen LogP) is 4.88. The van der Waals surface area contributed by atoms with Crippen LogP contribution in [0.15, 0.2) is 42.9 Å². The van der Waals surface area contributed by atoms with Crippen molar-refractivity contribution in [3.63, 3.8) is 0 Å². The lowest BCUT2D eigenvalue weighted by Crippen LogP contribution is -2.11. The summed E-state index contributed by atoms with van der Waals surface area (Å²) in [7, 11) is 0. The Balaban J connectivity index is 1.56. The number of pyridine rings is 1. The zero-order valence-electron chi connectivity index (χ0n) is 16.9. The van der Waals surface area contributed by atoms with Crippen molar-refractivity contribution in [2.24, 2.45) is 0 Å². The molecular formula is C22H20F3N5O. The van der Waals surface area contributed by atoms with Crippen molar-refractivity contribution in [1.82, 2.24) is 19.9 Å². The van der Waals surface area contributed by atoms with Crippen molar-refractivity contribution >= 4 is 16.7 Å². The molecule has 0 radical (unpaired) electrons. The highest BCUT2D eigenvalue weighted by atomic mass is 19.1. The molecule has 0 bridgehead atoms. The van der Waals surface area contributed by atoms with Crippen LogP contribution in [0, 0.1) is 17.5 Å². The smallest absolute Gasteiger partial charge is 0.219 e. The molecule has 0 atom stereocenters. The molecule has 9 heteroatoms. The first-order chi connectivity index (χ1) is 14.9. The third kappa shape index (κ3) is 4.76. The van der Waals surface area contributed by atoms with Gasteiger partial charge in [-0.1, -0.05) is 0 Å². The lowest BCUT2D eigenvalue weighted by Gasteiger charge is -2.13. The number of anilines is 1. The van der Waals surface area contributed by atoms with Gasteiger partial charge in [-0.25, -0.2) is 18.2 Å². The fourth-order valence-corrected chi connectivity index (χ4v) is 3.22. The monoisotopic (exact) mass is 427 g/mol. The van der Waals surface area contributed by atoms with E-state index in [9.17, 15) is 13.2 Å². The summed E-state index contributed by atoms with van der Waals surface area (Å²) >= 11 is 0. The Kier molecular flexibility index (Phi) is 5.75. The number of rotatable bonds is 7. The van der Waals surface area contributed by atoms with Crippen molar-refractivity contribution in [1.29, 1.82) is 0 Å². The highest BCUT2D eigenvalue weighted by Gasteiger charge is 2.12. The van der Waals surface area contributed by atoms with E-state index in [0.717, 1.165) is 17.8 Å². The van der Waals surface area contributed by atoms with Gasteiger partial charge in [-0.3, -0.25) is 4.98 Å². The molecule has 0 amide bonds. The molecule has 0 spiro atoms. The number of benzene rings is 1. The Bertz CT molecular complexity index is 1230. The van der Waals surface area contributed by atoms with Crippen LogP contribution in [0.4, 0.5) is 19.0 Å². The van der Waals surface area contributed by atoms with Gasteiger partial charge in [0.15, 0.2) is 5.82 Å². The highest BCUT2D eigenvalue weighted by Crippen LogP contribution is 2.24. The number of fused-ring (bicyclic) bond motifs is 1. The Morgan fingerprint density at radius 2 is 1.87 bits per heavy atom. The largest absolute Gasteiger partial charge is 0.475 e. The first-order valence-electron chi connectivity index (χ1n) is 9.74. The number of aromatic amines is 1. The lowest BCUT2D eigenvalue weighted by atomic mass is 10.1. The summed E-state index contributed by atoms with van der Waals surface area (Å²) in [6, 6.07) is 5.09. The van der Waals surface area contributed by atoms with Crippen LogP contribution < -0.4 is 10.1 Å². The van der Waals surface area contributed by atoms with Crippen LogP contribution >= 0.6 is 0 Å². The van der Waals surface area contributed by atoms with Gasteiger partial charge in [0.05, 0.1) is 17.8 Å². The number of ether oxygens (including phenoxy) is 1. The van der Waals surface area contributed by atoms with E-state index in [1.807, 2.05) is 13.8 Å². The number of hydrogen-bond donors (Lipinski definition) is 2. The topological polar surface area (TPSA) is 75.7 Å². The van der Waals surface area contributed by atoms with Crippen LogP contribution in [0.2, 0.25) is 0 Å². The first-order valence-corrected chi connectivity index (χ1v) is 9.74. The van der Waals surface area contributed by atoms with Gasteiger partial charge in [0.1, 0.15) is 23.3 Å². The van der Waals surface area contributed by atoms with Crippen LogP contribution in [0.5, 0.6) is 5.88 Å². The van der Waals surface area contributed by atoms with Crippen LogP contribution in [0.3, 0.4) is 0 Å². The van der Waals surface area contributed by atoms with E-state index >= 15 is 0 Å². The molecule has 6 nitrogen and oxygen atoms in total. The van der Waals surface area contributed by atoms with Gasteiger partial charge < -0.3 is 15.0 Å². The van der Waals surface area contributed by atoms with Crippen LogP contribution in [0.1, 0.15) is 19.4 Å². The standard InChI is InChI=1S/C22H20F3N5O/c1-12(2)31-20-8-19(29-22(30-20)14-5-16(24)11-26-9-14)27-4-3-13-10-28-21-17(13)6-15(23)7-18(21)25/h5-12,28H,3-4H2,1-2H3,(H,27,29,30). The molecule has 4 aromatic rings. The third-order valence-electron chi connectivity index (χ3n) is 4.51. The molecule has 0 aliphatic heterocycles. The molecule has 3 aromatic heterocycles. The molecular weight excluding hydrogens is 407 g/mol. The van der Waals surface area contributed by atoms with E-state index in [1.165, 1.54) is 18.3 Å². The summed E-state index contributed by atoms with van der Waals surface area (Å²) < 4.78 is 46.8. The summed E-state index contributed by atoms with van der Waals surface area (Å²) in [5.74, 6) is -0.675. The molecule has 3 heterocycles. The lowest BCUT2D eigenvalue weighted by molar-refractivity contribution is 0.232. The molecule has 0 unspecified atom stereocenters. The van der Waals surface area contributed by atoms with Gasteiger partial charge in [-0.05, 0) is 38.0 Å². The summed E-state index contributed by atoms with van der Waals surface area (Å²) in [6.07, 6.45) is 4.61. The Morgan fingerprint density at radius 1 is 1.03 bits per heavy atom. The summed E-state index contributed by atoms with van der Waals surface area (Å²) in [6.45, 7) is 4.17. The van der Waals surface area contributed by atoms with Crippen molar-refractivity contribution in [2.75, 3.05) is 11.9 Å². The van der Waals surface area contributed by atoms with Gasteiger partial charge >= 0.3 is 0 Å². The van der Waals surface area contributed by atoms with Gasteiger partial charge in [-0.15, -0.1) is 0 Å². The van der Waals surface area contributed by atoms with Gasteiger partial charge in [0.2, 0.25) is 5.88 Å². The number of aromatic nitrogens is 4. The number of nitrogens with zero attached hydrogens (tertiary/aromatic N) is 3. The normalized spacial score (nSPS) is 11.3. The number of nitrogens with one attached hydrogen (secondary N) is 2. The second-order valence-electron chi connectivity index (χ2n) is 7.27. The van der Waals surface area contributed by atoms with Crippen molar-refractivity contribution in [3.05, 3.63) is 65.9 Å². The van der Waals surface area contributed by atoms with Crippen LogP contribution in [0.25, 0.3) is 22.3 Å². The number of hydrogen-bond acceptors (Lipinski definition) is 5. The minimum atomic E-state index is -0.631. The molecule has 0 saturated heterocycles. The molecule has 0 aliphatic rings. The van der Waals surface area contributed by atoms with E-state index in [2.05, 4.69) is 25.3 Å². The molecule has 2 N–H and O–H groups in total. The van der Waals surface area contributed by atoms with Crippen molar-refractivity contribution in [3.8, 4) is 17.3 Å². The molecule has 31 heavy (non-hydrogen) atoms. The quantitative estimate of drug-likeness (QED) is 0.440. The first kappa shape index (κ1) is 20.6. The molecule has 160 valence electrons. The summed E-state index contributed by atoms with van der Waals surface area (Å²) in [4.78, 5) is 15.4. The zero-order valence-corrected chi connectivity index (χ0v) is 16.9. The van der Waals surface area contributed by atoms with Gasteiger partial charge in [-0.2, -0.15) is 4.98 Å². The van der Waals surface area contributed by atoms with Gasteiger partial charge in [0, 0.05) is 42.0 Å². The van der Waals surface area contributed by atoms with Crippen LogP contribution in [-0.2, 0) is 6.42 Å². The molecule has 0 aliphatic carbocycles. The zero-order chi connectivity index (χ0) is 22.0. The van der Waals surface area contributed by atoms with Crippen molar-refractivity contribution in [2.45, 2.75) is 26.4 Å². The molecule has 1 aromatic carbocycles.